The summed E-state index contributed by atoms with van der Waals surface area (Å²) in [5.74, 6) is 1.15. The third-order valence-corrected chi connectivity index (χ3v) is 7.14. The Kier molecular flexibility index (Phi) is 8.45. The van der Waals surface area contributed by atoms with E-state index < -0.39 is 10.0 Å². The van der Waals surface area contributed by atoms with Crippen LogP contribution in [0.1, 0.15) is 39.7 Å². The predicted octanol–water partition coefficient (Wildman–Crippen LogP) is 5.02. The van der Waals surface area contributed by atoms with Crippen LogP contribution in [0.5, 0.6) is 0 Å². The Bertz CT molecular complexity index is 1070. The second-order valence-electron chi connectivity index (χ2n) is 9.22. The normalized spacial score (nSPS) is 12.6. The van der Waals surface area contributed by atoms with Crippen molar-refractivity contribution in [2.45, 2.75) is 45.6 Å². The molecule has 0 aliphatic carbocycles. The number of sulfonamides is 1. The lowest BCUT2D eigenvalue weighted by atomic mass is 10.1. The molecule has 0 radical (unpaired) electrons. The molecule has 0 N–H and O–H groups in total. The lowest BCUT2D eigenvalue weighted by Crippen LogP contribution is -2.36. The van der Waals surface area contributed by atoms with Gasteiger partial charge in [-0.05, 0) is 66.8 Å². The first kappa shape index (κ1) is 24.4. The molecule has 174 valence electrons. The Morgan fingerprint density at radius 2 is 1.62 bits per heavy atom. The topological polar surface area (TPSA) is 66.7 Å². The Morgan fingerprint density at radius 1 is 0.938 bits per heavy atom. The summed E-state index contributed by atoms with van der Waals surface area (Å²) in [4.78, 5) is 6.80. The standard InChI is InChI=1S/C25H35N3O3S/c1-20(2)17-27(18-21(3)4)13-5-14-28(19-22-8-11-26-12-9-22)32(29,30)24-6-7-25-23(16-24)10-15-31-25/h6-12,15-16,20-21H,5,13-14,17-19H2,1-4H3. The predicted molar refractivity (Wildman–Crippen MR) is 129 cm³/mol. The van der Waals surface area contributed by atoms with Gasteiger partial charge >= 0.3 is 0 Å². The van der Waals surface area contributed by atoms with Gasteiger partial charge in [0, 0.05) is 44.0 Å². The lowest BCUT2D eigenvalue weighted by Gasteiger charge is -2.28. The molecule has 0 bridgehead atoms. The Hall–Kier alpha value is -2.22. The molecule has 2 aromatic heterocycles. The summed E-state index contributed by atoms with van der Waals surface area (Å²) in [5.41, 5.74) is 1.61. The van der Waals surface area contributed by atoms with Gasteiger partial charge in [-0.2, -0.15) is 4.31 Å². The minimum atomic E-state index is -3.66. The van der Waals surface area contributed by atoms with Crippen LogP contribution in [0.25, 0.3) is 11.0 Å². The number of benzene rings is 1. The first-order valence-corrected chi connectivity index (χ1v) is 12.8. The van der Waals surface area contributed by atoms with Crippen molar-refractivity contribution < 1.29 is 12.8 Å². The number of fused-ring (bicyclic) bond motifs is 1. The van der Waals surface area contributed by atoms with E-state index in [0.29, 0.717) is 35.4 Å². The maximum Gasteiger partial charge on any atom is 0.243 e. The van der Waals surface area contributed by atoms with E-state index >= 15 is 0 Å². The van der Waals surface area contributed by atoms with Gasteiger partial charge < -0.3 is 9.32 Å². The van der Waals surface area contributed by atoms with Crippen molar-refractivity contribution in [3.63, 3.8) is 0 Å². The van der Waals surface area contributed by atoms with Gasteiger partial charge in [0.05, 0.1) is 11.2 Å². The van der Waals surface area contributed by atoms with Gasteiger partial charge in [0.25, 0.3) is 0 Å². The Labute approximate surface area is 192 Å². The molecule has 0 atom stereocenters. The molecule has 1 aromatic carbocycles. The van der Waals surface area contributed by atoms with E-state index in [2.05, 4.69) is 37.6 Å². The van der Waals surface area contributed by atoms with Crippen LogP contribution in [0, 0.1) is 11.8 Å². The number of nitrogens with zero attached hydrogens (tertiary/aromatic N) is 3. The molecule has 6 nitrogen and oxygen atoms in total. The fraction of sp³-hybridized carbons (Fsp3) is 0.480. The maximum absolute atomic E-state index is 13.6. The summed E-state index contributed by atoms with van der Waals surface area (Å²) < 4.78 is 34.2. The van der Waals surface area contributed by atoms with Gasteiger partial charge in [-0.25, -0.2) is 8.42 Å². The van der Waals surface area contributed by atoms with Crippen molar-refractivity contribution in [1.82, 2.24) is 14.2 Å². The van der Waals surface area contributed by atoms with Gasteiger partial charge in [0.1, 0.15) is 5.58 Å². The zero-order chi connectivity index (χ0) is 23.1. The van der Waals surface area contributed by atoms with Crippen LogP contribution < -0.4 is 0 Å². The van der Waals surface area contributed by atoms with Crippen molar-refractivity contribution in [2.24, 2.45) is 11.8 Å². The van der Waals surface area contributed by atoms with Crippen LogP contribution in [-0.2, 0) is 16.6 Å². The molecular weight excluding hydrogens is 422 g/mol. The van der Waals surface area contributed by atoms with E-state index in [1.54, 1.807) is 47.2 Å². The van der Waals surface area contributed by atoms with Crippen LogP contribution in [0.15, 0.2) is 64.4 Å². The highest BCUT2D eigenvalue weighted by Gasteiger charge is 2.25. The van der Waals surface area contributed by atoms with Crippen LogP contribution in [-0.4, -0.2) is 48.8 Å². The van der Waals surface area contributed by atoms with Gasteiger partial charge in [-0.15, -0.1) is 0 Å². The number of aromatic nitrogens is 1. The first-order valence-electron chi connectivity index (χ1n) is 11.3. The summed E-state index contributed by atoms with van der Waals surface area (Å²) in [6.07, 6.45) is 5.75. The molecule has 7 heteroatoms. The smallest absolute Gasteiger partial charge is 0.243 e. The monoisotopic (exact) mass is 457 g/mol. The molecule has 3 rings (SSSR count). The fourth-order valence-corrected chi connectivity index (χ4v) is 5.49. The summed E-state index contributed by atoms with van der Waals surface area (Å²) in [6.45, 7) is 12.6. The van der Waals surface area contributed by atoms with Crippen molar-refractivity contribution in [2.75, 3.05) is 26.2 Å². The molecule has 0 aliphatic rings. The minimum Gasteiger partial charge on any atom is -0.464 e. The SMILES string of the molecule is CC(C)CN(CCCN(Cc1ccncc1)S(=O)(=O)c1ccc2occc2c1)CC(C)C. The molecule has 3 aromatic rings. The van der Waals surface area contributed by atoms with Crippen LogP contribution >= 0.6 is 0 Å². The van der Waals surface area contributed by atoms with Gasteiger partial charge in [-0.3, -0.25) is 4.98 Å². The van der Waals surface area contributed by atoms with Crippen molar-refractivity contribution >= 4 is 21.0 Å². The average molecular weight is 458 g/mol. The molecular formula is C25H35N3O3S. The molecule has 0 unspecified atom stereocenters. The van der Waals surface area contributed by atoms with E-state index in [0.717, 1.165) is 37.0 Å². The van der Waals surface area contributed by atoms with E-state index in [4.69, 9.17) is 4.42 Å². The highest BCUT2D eigenvalue weighted by molar-refractivity contribution is 7.89. The molecule has 32 heavy (non-hydrogen) atoms. The third-order valence-electron chi connectivity index (χ3n) is 5.30. The van der Waals surface area contributed by atoms with Crippen LogP contribution in [0.2, 0.25) is 0 Å². The van der Waals surface area contributed by atoms with E-state index in [1.807, 2.05) is 12.1 Å². The van der Waals surface area contributed by atoms with Crippen molar-refractivity contribution in [1.29, 1.82) is 0 Å². The maximum atomic E-state index is 13.6. The summed E-state index contributed by atoms with van der Waals surface area (Å²) in [6, 6.07) is 10.6. The van der Waals surface area contributed by atoms with E-state index in [9.17, 15) is 8.42 Å². The van der Waals surface area contributed by atoms with Crippen molar-refractivity contribution in [3.05, 3.63) is 60.6 Å². The number of pyridine rings is 1. The lowest BCUT2D eigenvalue weighted by molar-refractivity contribution is 0.210. The van der Waals surface area contributed by atoms with Crippen LogP contribution in [0.4, 0.5) is 0 Å². The quantitative estimate of drug-likeness (QED) is 0.382. The molecule has 0 amide bonds. The molecule has 0 fully saturated rings. The van der Waals surface area contributed by atoms with Gasteiger partial charge in [0.2, 0.25) is 10.0 Å². The highest BCUT2D eigenvalue weighted by atomic mass is 32.2. The van der Waals surface area contributed by atoms with Crippen LogP contribution in [0.3, 0.4) is 0 Å². The minimum absolute atomic E-state index is 0.293. The number of rotatable bonds is 12. The number of furan rings is 1. The summed E-state index contributed by atoms with van der Waals surface area (Å²) in [7, 11) is -3.66. The third kappa shape index (κ3) is 6.64. The largest absolute Gasteiger partial charge is 0.464 e. The number of hydrogen-bond acceptors (Lipinski definition) is 5. The molecule has 0 saturated carbocycles. The molecule has 0 spiro atoms. The van der Waals surface area contributed by atoms with Gasteiger partial charge in [0.15, 0.2) is 0 Å². The molecule has 0 aliphatic heterocycles. The first-order chi connectivity index (χ1) is 15.3. The average Bonchev–Trinajstić information content (AvgIpc) is 3.20. The van der Waals surface area contributed by atoms with E-state index in [-0.39, 0.29) is 0 Å². The fourth-order valence-electron chi connectivity index (χ4n) is 3.99. The Morgan fingerprint density at radius 3 is 2.28 bits per heavy atom. The van der Waals surface area contributed by atoms with Crippen molar-refractivity contribution in [3.8, 4) is 0 Å². The number of hydrogen-bond donors (Lipinski definition) is 0. The van der Waals surface area contributed by atoms with Gasteiger partial charge in [-0.1, -0.05) is 27.7 Å². The molecule has 2 heterocycles. The zero-order valence-electron chi connectivity index (χ0n) is 19.6. The zero-order valence-corrected chi connectivity index (χ0v) is 20.4. The molecule has 0 saturated heterocycles. The van der Waals surface area contributed by atoms with E-state index in [1.165, 1.54) is 0 Å². The summed E-state index contributed by atoms with van der Waals surface area (Å²) >= 11 is 0. The second kappa shape index (κ2) is 11.1. The Balaban J connectivity index is 1.79. The summed E-state index contributed by atoms with van der Waals surface area (Å²) in [5, 5.41) is 0.787. The second-order valence-corrected chi connectivity index (χ2v) is 11.2. The highest BCUT2D eigenvalue weighted by Crippen LogP contribution is 2.24.